The molecular weight excluding hydrogens is 245 g/mol. The van der Waals surface area contributed by atoms with Crippen molar-refractivity contribution in [2.75, 3.05) is 5.32 Å². The lowest BCUT2D eigenvalue weighted by Gasteiger charge is -2.08. The minimum absolute atomic E-state index is 0.258. The Labute approximate surface area is 110 Å². The van der Waals surface area contributed by atoms with Crippen LogP contribution in [0.4, 0.5) is 10.2 Å². The Morgan fingerprint density at radius 1 is 1.26 bits per heavy atom. The van der Waals surface area contributed by atoms with Crippen LogP contribution in [0.25, 0.3) is 0 Å². The lowest BCUT2D eigenvalue weighted by Crippen LogP contribution is -2.11. The van der Waals surface area contributed by atoms with Gasteiger partial charge in [0.25, 0.3) is 0 Å². The Morgan fingerprint density at radius 2 is 2.21 bits per heavy atom. The first-order valence-corrected chi connectivity index (χ1v) is 6.60. The van der Waals surface area contributed by atoms with Crippen molar-refractivity contribution in [3.05, 3.63) is 35.8 Å². The molecule has 0 spiro atoms. The Balaban J connectivity index is 1.74. The van der Waals surface area contributed by atoms with Gasteiger partial charge in [0.1, 0.15) is 5.82 Å². The van der Waals surface area contributed by atoms with Crippen molar-refractivity contribution in [1.29, 1.82) is 0 Å². The van der Waals surface area contributed by atoms with Gasteiger partial charge in [0, 0.05) is 19.2 Å². The van der Waals surface area contributed by atoms with Crippen LogP contribution < -0.4 is 5.32 Å². The van der Waals surface area contributed by atoms with Crippen molar-refractivity contribution in [1.82, 2.24) is 19.7 Å². The van der Waals surface area contributed by atoms with E-state index in [1.54, 1.807) is 12.3 Å². The molecule has 1 N–H and O–H groups in total. The highest BCUT2D eigenvalue weighted by atomic mass is 19.1. The maximum Gasteiger partial charge on any atom is 0.165 e. The van der Waals surface area contributed by atoms with Gasteiger partial charge < -0.3 is 9.88 Å². The third kappa shape index (κ3) is 2.57. The molecule has 6 heteroatoms. The van der Waals surface area contributed by atoms with Crippen LogP contribution in [0.3, 0.4) is 0 Å². The molecule has 0 amide bonds. The van der Waals surface area contributed by atoms with E-state index in [1.807, 2.05) is 0 Å². The van der Waals surface area contributed by atoms with Crippen molar-refractivity contribution >= 4 is 5.82 Å². The fourth-order valence-corrected chi connectivity index (χ4v) is 2.35. The van der Waals surface area contributed by atoms with Crippen LogP contribution in [0.15, 0.2) is 18.3 Å². The molecule has 0 aromatic carbocycles. The highest BCUT2D eigenvalue weighted by Gasteiger charge is 2.14. The van der Waals surface area contributed by atoms with Crippen LogP contribution in [0.5, 0.6) is 0 Å². The highest BCUT2D eigenvalue weighted by molar-refractivity contribution is 5.35. The fraction of sp³-hybridized carbons (Fsp3) is 0.462. The normalized spacial score (nSPS) is 14.8. The summed E-state index contributed by atoms with van der Waals surface area (Å²) in [4.78, 5) is 3.96. The lowest BCUT2D eigenvalue weighted by atomic mass is 10.2. The summed E-state index contributed by atoms with van der Waals surface area (Å²) in [6.45, 7) is 1.39. The number of aromatic nitrogens is 4. The van der Waals surface area contributed by atoms with Crippen molar-refractivity contribution in [2.45, 2.75) is 38.8 Å². The largest absolute Gasteiger partial charge is 0.360 e. The molecule has 0 saturated heterocycles. The van der Waals surface area contributed by atoms with Crippen molar-refractivity contribution in [3.8, 4) is 0 Å². The molecule has 100 valence electrons. The third-order valence-electron chi connectivity index (χ3n) is 3.36. The smallest absolute Gasteiger partial charge is 0.165 e. The van der Waals surface area contributed by atoms with Crippen molar-refractivity contribution in [3.63, 3.8) is 0 Å². The molecule has 5 nitrogen and oxygen atoms in total. The van der Waals surface area contributed by atoms with Crippen LogP contribution in [-0.4, -0.2) is 19.7 Å². The molecule has 0 aliphatic carbocycles. The lowest BCUT2D eigenvalue weighted by molar-refractivity contribution is 0.605. The third-order valence-corrected chi connectivity index (χ3v) is 3.36. The minimum Gasteiger partial charge on any atom is -0.360 e. The Bertz CT molecular complexity index is 566. The molecule has 0 radical (unpaired) electrons. The number of nitrogens with one attached hydrogen (secondary N) is 1. The molecule has 0 fully saturated rings. The number of halogens is 1. The van der Waals surface area contributed by atoms with E-state index in [4.69, 9.17) is 0 Å². The summed E-state index contributed by atoms with van der Waals surface area (Å²) in [6, 6.07) is 2.96. The molecule has 3 heterocycles. The van der Waals surface area contributed by atoms with Gasteiger partial charge in [-0.3, -0.25) is 0 Å². The molecule has 0 bridgehead atoms. The van der Waals surface area contributed by atoms with Crippen LogP contribution in [-0.2, 0) is 19.5 Å². The van der Waals surface area contributed by atoms with Gasteiger partial charge in [-0.15, -0.1) is 10.2 Å². The Hall–Kier alpha value is -1.98. The zero-order valence-electron chi connectivity index (χ0n) is 10.6. The summed E-state index contributed by atoms with van der Waals surface area (Å²) in [5.74, 6) is 1.80. The van der Waals surface area contributed by atoms with Crippen molar-refractivity contribution in [2.24, 2.45) is 0 Å². The standard InChI is InChI=1S/C13H16FN5/c14-10-5-4-7-15-13(10)16-9-12-18-17-11-6-2-1-3-8-19(11)12/h4-5,7H,1-3,6,8-9H2,(H,15,16). The average molecular weight is 261 g/mol. The monoisotopic (exact) mass is 261 g/mol. The maximum absolute atomic E-state index is 13.5. The number of aryl methyl sites for hydroxylation is 1. The molecule has 2 aromatic heterocycles. The van der Waals surface area contributed by atoms with Crippen LogP contribution in [0.2, 0.25) is 0 Å². The van der Waals surface area contributed by atoms with Gasteiger partial charge in [-0.25, -0.2) is 9.37 Å². The number of hydrogen-bond acceptors (Lipinski definition) is 4. The van der Waals surface area contributed by atoms with Gasteiger partial charge >= 0.3 is 0 Å². The highest BCUT2D eigenvalue weighted by Crippen LogP contribution is 2.15. The molecule has 3 rings (SSSR count). The van der Waals surface area contributed by atoms with E-state index in [0.717, 1.165) is 31.0 Å². The van der Waals surface area contributed by atoms with E-state index in [0.29, 0.717) is 6.54 Å². The number of nitrogens with zero attached hydrogens (tertiary/aromatic N) is 4. The fourth-order valence-electron chi connectivity index (χ4n) is 2.35. The topological polar surface area (TPSA) is 55.6 Å². The second-order valence-corrected chi connectivity index (χ2v) is 4.68. The van der Waals surface area contributed by atoms with Crippen LogP contribution in [0, 0.1) is 5.82 Å². The molecule has 0 unspecified atom stereocenters. The minimum atomic E-state index is -0.349. The van der Waals surface area contributed by atoms with Gasteiger partial charge in [0.05, 0.1) is 6.54 Å². The quantitative estimate of drug-likeness (QED) is 0.919. The second kappa shape index (κ2) is 5.34. The predicted molar refractivity (Wildman–Crippen MR) is 69.1 cm³/mol. The summed E-state index contributed by atoms with van der Waals surface area (Å²) >= 11 is 0. The van der Waals surface area contributed by atoms with Gasteiger partial charge in [-0.05, 0) is 25.0 Å². The number of rotatable bonds is 3. The number of fused-ring (bicyclic) bond motifs is 1. The maximum atomic E-state index is 13.5. The molecule has 0 atom stereocenters. The zero-order chi connectivity index (χ0) is 13.1. The molecule has 1 aliphatic rings. The first-order valence-electron chi connectivity index (χ1n) is 6.60. The molecule has 2 aromatic rings. The molecule has 0 saturated carbocycles. The van der Waals surface area contributed by atoms with E-state index in [1.165, 1.54) is 18.9 Å². The summed E-state index contributed by atoms with van der Waals surface area (Å²) in [7, 11) is 0. The van der Waals surface area contributed by atoms with Gasteiger partial charge in [-0.2, -0.15) is 0 Å². The van der Waals surface area contributed by atoms with E-state index < -0.39 is 0 Å². The van der Waals surface area contributed by atoms with Gasteiger partial charge in [0.15, 0.2) is 17.5 Å². The SMILES string of the molecule is Fc1cccnc1NCc1nnc2n1CCCCC2. The Kier molecular flexibility index (Phi) is 3.39. The average Bonchev–Trinajstić information content (AvgIpc) is 2.66. The van der Waals surface area contributed by atoms with E-state index in [-0.39, 0.29) is 11.6 Å². The van der Waals surface area contributed by atoms with E-state index in [9.17, 15) is 4.39 Å². The first kappa shape index (κ1) is 12.1. The summed E-state index contributed by atoms with van der Waals surface area (Å²) in [5.41, 5.74) is 0. The van der Waals surface area contributed by atoms with E-state index >= 15 is 0 Å². The number of pyridine rings is 1. The Morgan fingerprint density at radius 3 is 3.11 bits per heavy atom. The molecular formula is C13H16FN5. The molecule has 1 aliphatic heterocycles. The van der Waals surface area contributed by atoms with Gasteiger partial charge in [-0.1, -0.05) is 6.42 Å². The molecule has 19 heavy (non-hydrogen) atoms. The van der Waals surface area contributed by atoms with E-state index in [2.05, 4.69) is 25.1 Å². The van der Waals surface area contributed by atoms with Gasteiger partial charge in [0.2, 0.25) is 0 Å². The number of hydrogen-bond donors (Lipinski definition) is 1. The summed E-state index contributed by atoms with van der Waals surface area (Å²) in [5, 5.41) is 11.4. The zero-order valence-corrected chi connectivity index (χ0v) is 10.6. The number of anilines is 1. The first-order chi connectivity index (χ1) is 9.34. The van der Waals surface area contributed by atoms with Crippen LogP contribution in [0.1, 0.15) is 30.9 Å². The summed E-state index contributed by atoms with van der Waals surface area (Å²) < 4.78 is 15.6. The second-order valence-electron chi connectivity index (χ2n) is 4.68. The van der Waals surface area contributed by atoms with Crippen molar-refractivity contribution < 1.29 is 4.39 Å². The predicted octanol–water partition coefficient (Wildman–Crippen LogP) is 2.15. The summed E-state index contributed by atoms with van der Waals surface area (Å²) in [6.07, 6.45) is 6.09. The van der Waals surface area contributed by atoms with Crippen LogP contribution >= 0.6 is 0 Å².